The van der Waals surface area contributed by atoms with Crippen molar-refractivity contribution in [2.24, 2.45) is 5.73 Å². The van der Waals surface area contributed by atoms with E-state index in [1.54, 1.807) is 10.6 Å². The van der Waals surface area contributed by atoms with Gasteiger partial charge in [-0.1, -0.05) is 6.58 Å². The predicted octanol–water partition coefficient (Wildman–Crippen LogP) is 2.79. The third kappa shape index (κ3) is 2.09. The minimum atomic E-state index is 0.00157. The Kier molecular flexibility index (Phi) is 3.51. The number of benzene rings is 1. The highest BCUT2D eigenvalue weighted by atomic mass is 16.5. The van der Waals surface area contributed by atoms with Gasteiger partial charge in [-0.25, -0.2) is 0 Å². The number of anilines is 1. The van der Waals surface area contributed by atoms with E-state index in [9.17, 15) is 4.79 Å². The van der Waals surface area contributed by atoms with E-state index in [2.05, 4.69) is 30.5 Å². The molecule has 130 valence electrons. The molecule has 0 fully saturated rings. The fourth-order valence-electron chi connectivity index (χ4n) is 4.03. The summed E-state index contributed by atoms with van der Waals surface area (Å²) in [6, 6.07) is 3.92. The van der Waals surface area contributed by atoms with Crippen molar-refractivity contribution in [1.29, 1.82) is 0 Å². The number of hydrogen-bond acceptors (Lipinski definition) is 4. The molecule has 2 aliphatic rings. The van der Waals surface area contributed by atoms with Gasteiger partial charge in [-0.15, -0.1) is 0 Å². The second kappa shape index (κ2) is 5.49. The summed E-state index contributed by atoms with van der Waals surface area (Å²) < 4.78 is 7.97. The standard InChI is InChI=1S/C20H23N3O2/c1-5-22-17(24)7-12(3)15-8-16-11(2)6-13(4)23-14(9-21)10-25-20(18(15)22)19(16)23/h6-8,14H,4-5,9-10,21H2,1-3H3. The van der Waals surface area contributed by atoms with Crippen LogP contribution in [-0.4, -0.2) is 23.8 Å². The molecule has 0 bridgehead atoms. The number of allylic oxidation sites excluding steroid dienone is 2. The minimum Gasteiger partial charge on any atom is -0.487 e. The molecule has 0 saturated carbocycles. The quantitative estimate of drug-likeness (QED) is 0.915. The number of aromatic nitrogens is 1. The van der Waals surface area contributed by atoms with E-state index in [0.29, 0.717) is 19.7 Å². The third-order valence-electron chi connectivity index (χ3n) is 5.26. The Balaban J connectivity index is 2.19. The van der Waals surface area contributed by atoms with Gasteiger partial charge in [0.25, 0.3) is 5.56 Å². The molecule has 1 unspecified atom stereocenters. The summed E-state index contributed by atoms with van der Waals surface area (Å²) in [5.74, 6) is 0.772. The normalized spacial score (nSPS) is 18.9. The molecule has 0 amide bonds. The molecular formula is C20H23N3O2. The summed E-state index contributed by atoms with van der Waals surface area (Å²) in [4.78, 5) is 14.7. The highest BCUT2D eigenvalue weighted by Crippen LogP contribution is 2.49. The number of aryl methyl sites for hydroxylation is 2. The summed E-state index contributed by atoms with van der Waals surface area (Å²) in [5, 5.41) is 1.06. The van der Waals surface area contributed by atoms with Crippen LogP contribution in [0.2, 0.25) is 0 Å². The Morgan fingerprint density at radius 3 is 2.80 bits per heavy atom. The molecule has 5 heteroatoms. The number of rotatable bonds is 2. The van der Waals surface area contributed by atoms with E-state index >= 15 is 0 Å². The van der Waals surface area contributed by atoms with Gasteiger partial charge in [0.1, 0.15) is 6.61 Å². The average molecular weight is 337 g/mol. The Hall–Kier alpha value is -2.53. The van der Waals surface area contributed by atoms with Crippen LogP contribution < -0.4 is 20.9 Å². The highest BCUT2D eigenvalue weighted by molar-refractivity contribution is 6.01. The lowest BCUT2D eigenvalue weighted by Crippen LogP contribution is -2.48. The second-order valence-electron chi connectivity index (χ2n) is 6.80. The van der Waals surface area contributed by atoms with Crippen molar-refractivity contribution >= 4 is 22.2 Å². The van der Waals surface area contributed by atoms with E-state index in [0.717, 1.165) is 44.7 Å². The van der Waals surface area contributed by atoms with Gasteiger partial charge in [0.05, 0.1) is 17.2 Å². The maximum atomic E-state index is 12.5. The van der Waals surface area contributed by atoms with Crippen LogP contribution in [0.4, 0.5) is 5.69 Å². The Morgan fingerprint density at radius 1 is 1.36 bits per heavy atom. The number of ether oxygens (including phenoxy) is 1. The SMILES string of the molecule is C=C1C=C(C)c2cc3c(C)cc(=O)n(CC)c3c3c2N1C(CN)CO3. The van der Waals surface area contributed by atoms with Gasteiger partial charge in [-0.05, 0) is 44.1 Å². The summed E-state index contributed by atoms with van der Waals surface area (Å²) in [6.45, 7) is 11.8. The molecule has 4 rings (SSSR count). The topological polar surface area (TPSA) is 60.5 Å². The molecular weight excluding hydrogens is 314 g/mol. The van der Waals surface area contributed by atoms with Crippen molar-refractivity contribution in [3.05, 3.63) is 52.0 Å². The lowest BCUT2D eigenvalue weighted by molar-refractivity contribution is 0.272. The van der Waals surface area contributed by atoms with Crippen molar-refractivity contribution in [1.82, 2.24) is 4.57 Å². The average Bonchev–Trinajstić information content (AvgIpc) is 2.59. The lowest BCUT2D eigenvalue weighted by atomic mass is 9.92. The molecule has 2 N–H and O–H groups in total. The molecule has 3 heterocycles. The first-order valence-corrected chi connectivity index (χ1v) is 8.68. The molecule has 1 aromatic carbocycles. The van der Waals surface area contributed by atoms with Crippen molar-refractivity contribution in [2.45, 2.75) is 33.4 Å². The van der Waals surface area contributed by atoms with E-state index < -0.39 is 0 Å². The Morgan fingerprint density at radius 2 is 2.12 bits per heavy atom. The van der Waals surface area contributed by atoms with Gasteiger partial charge in [0.2, 0.25) is 0 Å². The van der Waals surface area contributed by atoms with Gasteiger partial charge < -0.3 is 19.9 Å². The molecule has 1 aromatic heterocycles. The predicted molar refractivity (Wildman–Crippen MR) is 102 cm³/mol. The van der Waals surface area contributed by atoms with Gasteiger partial charge in [0, 0.05) is 35.8 Å². The van der Waals surface area contributed by atoms with E-state index in [-0.39, 0.29) is 11.6 Å². The first-order valence-electron chi connectivity index (χ1n) is 8.68. The molecule has 0 saturated heterocycles. The number of pyridine rings is 1. The number of hydrogen-bond donors (Lipinski definition) is 1. The summed E-state index contributed by atoms with van der Waals surface area (Å²) in [6.07, 6.45) is 2.09. The van der Waals surface area contributed by atoms with Crippen molar-refractivity contribution in [3.63, 3.8) is 0 Å². The molecule has 0 aliphatic carbocycles. The molecule has 0 radical (unpaired) electrons. The van der Waals surface area contributed by atoms with Crippen LogP contribution in [-0.2, 0) is 6.54 Å². The maximum Gasteiger partial charge on any atom is 0.251 e. The van der Waals surface area contributed by atoms with Gasteiger partial charge in [-0.3, -0.25) is 4.79 Å². The fourth-order valence-corrected chi connectivity index (χ4v) is 4.03. The van der Waals surface area contributed by atoms with Crippen molar-refractivity contribution in [2.75, 3.05) is 18.1 Å². The van der Waals surface area contributed by atoms with Gasteiger partial charge in [-0.2, -0.15) is 0 Å². The minimum absolute atomic E-state index is 0.00157. The van der Waals surface area contributed by atoms with Crippen LogP contribution in [0, 0.1) is 6.92 Å². The first kappa shape index (κ1) is 16.0. The van der Waals surface area contributed by atoms with E-state index in [1.165, 1.54) is 0 Å². The molecule has 1 atom stereocenters. The molecule has 0 spiro atoms. The van der Waals surface area contributed by atoms with E-state index in [1.807, 2.05) is 13.8 Å². The van der Waals surface area contributed by atoms with Crippen LogP contribution in [0.15, 0.2) is 35.3 Å². The zero-order valence-electron chi connectivity index (χ0n) is 14.9. The molecule has 25 heavy (non-hydrogen) atoms. The van der Waals surface area contributed by atoms with E-state index in [4.69, 9.17) is 10.5 Å². The summed E-state index contributed by atoms with van der Waals surface area (Å²) in [5.41, 5.74) is 12.0. The zero-order chi connectivity index (χ0) is 17.9. The number of nitrogens with zero attached hydrogens (tertiary/aromatic N) is 2. The van der Waals surface area contributed by atoms with Gasteiger partial charge in [0.15, 0.2) is 5.75 Å². The largest absolute Gasteiger partial charge is 0.487 e. The molecule has 5 nitrogen and oxygen atoms in total. The smallest absolute Gasteiger partial charge is 0.251 e. The van der Waals surface area contributed by atoms with Crippen LogP contribution in [0.25, 0.3) is 16.5 Å². The monoisotopic (exact) mass is 337 g/mol. The molecule has 2 aliphatic heterocycles. The zero-order valence-corrected chi connectivity index (χ0v) is 14.9. The second-order valence-corrected chi connectivity index (χ2v) is 6.80. The number of fused-ring (bicyclic) bond motifs is 2. The van der Waals surface area contributed by atoms with Gasteiger partial charge >= 0.3 is 0 Å². The van der Waals surface area contributed by atoms with Crippen LogP contribution >= 0.6 is 0 Å². The Labute approximate surface area is 147 Å². The fraction of sp³-hybridized carbons (Fsp3) is 0.350. The van der Waals surface area contributed by atoms with Crippen molar-refractivity contribution in [3.8, 4) is 5.75 Å². The third-order valence-corrected chi connectivity index (χ3v) is 5.26. The van der Waals surface area contributed by atoms with Crippen LogP contribution in [0.5, 0.6) is 5.75 Å². The van der Waals surface area contributed by atoms with Crippen LogP contribution in [0.1, 0.15) is 25.0 Å². The maximum absolute atomic E-state index is 12.5. The molecule has 2 aromatic rings. The lowest BCUT2D eigenvalue weighted by Gasteiger charge is -2.42. The summed E-state index contributed by atoms with van der Waals surface area (Å²) >= 11 is 0. The number of nitrogens with two attached hydrogens (primary N) is 1. The first-order chi connectivity index (χ1) is 12.0. The van der Waals surface area contributed by atoms with Crippen molar-refractivity contribution < 1.29 is 4.74 Å². The highest BCUT2D eigenvalue weighted by Gasteiger charge is 2.35. The van der Waals surface area contributed by atoms with Crippen LogP contribution in [0.3, 0.4) is 0 Å². The Bertz CT molecular complexity index is 1000. The summed E-state index contributed by atoms with van der Waals surface area (Å²) in [7, 11) is 0.